The molecule has 2 atom stereocenters. The summed E-state index contributed by atoms with van der Waals surface area (Å²) in [5, 5.41) is 0. The first-order chi connectivity index (χ1) is 13.1. The summed E-state index contributed by atoms with van der Waals surface area (Å²) in [7, 11) is 1.42. The number of carbonyl (C=O) groups is 1. The highest BCUT2D eigenvalue weighted by atomic mass is 19.1. The zero-order chi connectivity index (χ0) is 18.8. The molecule has 0 radical (unpaired) electrons. The molecule has 0 N–H and O–H groups in total. The number of ether oxygens (including phenoxy) is 1. The quantitative estimate of drug-likeness (QED) is 0.831. The van der Waals surface area contributed by atoms with Crippen molar-refractivity contribution in [1.82, 2.24) is 14.8 Å². The first-order valence-electron chi connectivity index (χ1n) is 9.40. The van der Waals surface area contributed by atoms with E-state index in [0.717, 1.165) is 39.0 Å². The Morgan fingerprint density at radius 2 is 2.15 bits per heavy atom. The summed E-state index contributed by atoms with van der Waals surface area (Å²) in [5.41, 5.74) is 1.58. The summed E-state index contributed by atoms with van der Waals surface area (Å²) in [6.07, 6.45) is 5.81. The van der Waals surface area contributed by atoms with Gasteiger partial charge < -0.3 is 9.64 Å². The molecule has 3 saturated heterocycles. The van der Waals surface area contributed by atoms with Crippen molar-refractivity contribution < 1.29 is 13.9 Å². The molecule has 5 rings (SSSR count). The second-order valence-electron chi connectivity index (χ2n) is 7.46. The van der Waals surface area contributed by atoms with Gasteiger partial charge in [-0.25, -0.2) is 4.39 Å². The molecule has 3 aliphatic rings. The molecule has 3 fully saturated rings. The van der Waals surface area contributed by atoms with Crippen LogP contribution in [0.25, 0.3) is 0 Å². The van der Waals surface area contributed by atoms with Crippen LogP contribution >= 0.6 is 0 Å². The Morgan fingerprint density at radius 1 is 1.26 bits per heavy atom. The zero-order valence-electron chi connectivity index (χ0n) is 15.5. The van der Waals surface area contributed by atoms with Gasteiger partial charge in [-0.3, -0.25) is 14.7 Å². The van der Waals surface area contributed by atoms with Gasteiger partial charge >= 0.3 is 0 Å². The van der Waals surface area contributed by atoms with E-state index in [1.165, 1.54) is 24.8 Å². The minimum absolute atomic E-state index is 0.0884. The van der Waals surface area contributed by atoms with E-state index >= 15 is 0 Å². The third kappa shape index (κ3) is 3.81. The lowest BCUT2D eigenvalue weighted by molar-refractivity contribution is 0.0584. The Bertz CT molecular complexity index is 814. The zero-order valence-corrected chi connectivity index (χ0v) is 15.5. The van der Waals surface area contributed by atoms with Gasteiger partial charge in [-0.2, -0.15) is 0 Å². The van der Waals surface area contributed by atoms with Crippen LogP contribution in [0.1, 0.15) is 28.8 Å². The maximum Gasteiger partial charge on any atom is 0.254 e. The fourth-order valence-corrected chi connectivity index (χ4v) is 4.27. The maximum atomic E-state index is 14.0. The van der Waals surface area contributed by atoms with Gasteiger partial charge in [0.2, 0.25) is 0 Å². The highest BCUT2D eigenvalue weighted by molar-refractivity contribution is 5.94. The average molecular weight is 369 g/mol. The van der Waals surface area contributed by atoms with Crippen molar-refractivity contribution in [2.24, 2.45) is 5.92 Å². The van der Waals surface area contributed by atoms with Gasteiger partial charge in [0.25, 0.3) is 5.91 Å². The molecule has 1 amide bonds. The second-order valence-corrected chi connectivity index (χ2v) is 7.46. The number of aromatic nitrogens is 1. The molecule has 0 spiro atoms. The lowest BCUT2D eigenvalue weighted by atomic mass is 9.94. The number of benzene rings is 1. The van der Waals surface area contributed by atoms with E-state index in [-0.39, 0.29) is 17.7 Å². The van der Waals surface area contributed by atoms with Crippen LogP contribution in [0.15, 0.2) is 42.7 Å². The summed E-state index contributed by atoms with van der Waals surface area (Å²) in [6.45, 7) is 3.41. The molecular formula is C21H24FN3O2. The first-order valence-corrected chi connectivity index (χ1v) is 9.40. The van der Waals surface area contributed by atoms with Crippen molar-refractivity contribution in [3.63, 3.8) is 0 Å². The minimum atomic E-state index is -0.499. The van der Waals surface area contributed by atoms with Crippen LogP contribution < -0.4 is 4.74 Å². The van der Waals surface area contributed by atoms with Gasteiger partial charge in [-0.1, -0.05) is 6.07 Å². The Kier molecular flexibility index (Phi) is 5.07. The van der Waals surface area contributed by atoms with Gasteiger partial charge in [0.05, 0.1) is 7.11 Å². The van der Waals surface area contributed by atoms with Crippen LogP contribution in [0.4, 0.5) is 4.39 Å². The van der Waals surface area contributed by atoms with E-state index in [2.05, 4.69) is 16.0 Å². The number of hydrogen-bond acceptors (Lipinski definition) is 4. The van der Waals surface area contributed by atoms with Gasteiger partial charge in [-0.05, 0) is 48.6 Å². The van der Waals surface area contributed by atoms with E-state index in [4.69, 9.17) is 4.74 Å². The number of pyridine rings is 1. The summed E-state index contributed by atoms with van der Waals surface area (Å²) in [4.78, 5) is 21.6. The van der Waals surface area contributed by atoms with Crippen molar-refractivity contribution in [3.05, 3.63) is 59.7 Å². The molecule has 0 saturated carbocycles. The fraction of sp³-hybridized carbons (Fsp3) is 0.429. The van der Waals surface area contributed by atoms with Crippen LogP contribution in [-0.2, 0) is 6.54 Å². The lowest BCUT2D eigenvalue weighted by Gasteiger charge is -2.36. The molecule has 0 aliphatic carbocycles. The third-order valence-corrected chi connectivity index (χ3v) is 5.58. The third-order valence-electron chi connectivity index (χ3n) is 5.58. The van der Waals surface area contributed by atoms with Gasteiger partial charge in [0, 0.05) is 50.2 Å². The number of nitrogens with zero attached hydrogens (tertiary/aromatic N) is 3. The average Bonchev–Trinajstić information content (AvgIpc) is 2.98. The summed E-state index contributed by atoms with van der Waals surface area (Å²) in [6, 6.07) is 8.66. The highest BCUT2D eigenvalue weighted by Crippen LogP contribution is 2.30. The fourth-order valence-electron chi connectivity index (χ4n) is 4.27. The van der Waals surface area contributed by atoms with Crippen molar-refractivity contribution >= 4 is 5.91 Å². The summed E-state index contributed by atoms with van der Waals surface area (Å²) < 4.78 is 19.0. The SMILES string of the molecule is COc1ccc(C(=O)N2C[C@H]3CC[C@@H]2CN(Cc2cccnc2)C3)cc1F. The van der Waals surface area contributed by atoms with Crippen molar-refractivity contribution in [2.45, 2.75) is 25.4 Å². The molecule has 1 aromatic heterocycles. The molecule has 2 aromatic rings. The maximum absolute atomic E-state index is 14.0. The van der Waals surface area contributed by atoms with Gasteiger partial charge in [-0.15, -0.1) is 0 Å². The normalized spacial score (nSPS) is 22.5. The molecule has 27 heavy (non-hydrogen) atoms. The van der Waals surface area contributed by atoms with Crippen LogP contribution in [-0.4, -0.2) is 53.5 Å². The van der Waals surface area contributed by atoms with Gasteiger partial charge in [0.1, 0.15) is 0 Å². The number of rotatable bonds is 4. The molecule has 6 heteroatoms. The van der Waals surface area contributed by atoms with Crippen molar-refractivity contribution in [1.29, 1.82) is 0 Å². The van der Waals surface area contributed by atoms with Crippen molar-refractivity contribution in [3.8, 4) is 5.75 Å². The standard InChI is InChI=1S/C21H24FN3O2/c1-27-20-7-5-17(9-19(20)22)21(26)25-13-16-4-6-18(25)14-24(12-16)11-15-3-2-8-23-10-15/h2-3,5,7-10,16,18H,4,6,11-14H2,1H3/t16-,18+/m0/s1. The molecule has 142 valence electrons. The summed E-state index contributed by atoms with van der Waals surface area (Å²) in [5.74, 6) is 0.0232. The van der Waals surface area contributed by atoms with E-state index < -0.39 is 5.82 Å². The van der Waals surface area contributed by atoms with E-state index in [1.54, 1.807) is 12.3 Å². The molecule has 1 aromatic carbocycles. The van der Waals surface area contributed by atoms with Crippen LogP contribution in [0.2, 0.25) is 0 Å². The molecule has 0 unspecified atom stereocenters. The minimum Gasteiger partial charge on any atom is -0.494 e. The molecule has 5 nitrogen and oxygen atoms in total. The Labute approximate surface area is 158 Å². The Morgan fingerprint density at radius 3 is 2.89 bits per heavy atom. The molecule has 3 aliphatic heterocycles. The smallest absolute Gasteiger partial charge is 0.254 e. The Balaban J connectivity index is 1.50. The number of methoxy groups -OCH3 is 1. The van der Waals surface area contributed by atoms with E-state index in [0.29, 0.717) is 11.5 Å². The largest absolute Gasteiger partial charge is 0.494 e. The van der Waals surface area contributed by atoms with Crippen LogP contribution in [0.3, 0.4) is 0 Å². The monoisotopic (exact) mass is 369 g/mol. The number of halogens is 1. The van der Waals surface area contributed by atoms with Gasteiger partial charge in [0.15, 0.2) is 11.6 Å². The predicted octanol–water partition coefficient (Wildman–Crippen LogP) is 2.97. The highest BCUT2D eigenvalue weighted by Gasteiger charge is 2.37. The number of fused-ring (bicyclic) bond motifs is 4. The summed E-state index contributed by atoms with van der Waals surface area (Å²) >= 11 is 0. The second kappa shape index (κ2) is 7.64. The number of hydrogen-bond donors (Lipinski definition) is 0. The molecule has 2 bridgehead atoms. The Hall–Kier alpha value is -2.47. The van der Waals surface area contributed by atoms with E-state index in [1.807, 2.05) is 17.2 Å². The first kappa shape index (κ1) is 17.9. The number of amides is 1. The van der Waals surface area contributed by atoms with E-state index in [9.17, 15) is 9.18 Å². The number of piperidine rings is 1. The van der Waals surface area contributed by atoms with Crippen molar-refractivity contribution in [2.75, 3.05) is 26.7 Å². The lowest BCUT2D eigenvalue weighted by Crippen LogP contribution is -2.47. The molecular weight excluding hydrogens is 345 g/mol. The number of carbonyl (C=O) groups excluding carboxylic acids is 1. The predicted molar refractivity (Wildman–Crippen MR) is 100 cm³/mol. The van der Waals surface area contributed by atoms with Crippen LogP contribution in [0.5, 0.6) is 5.75 Å². The topological polar surface area (TPSA) is 45.7 Å². The van der Waals surface area contributed by atoms with Crippen LogP contribution in [0, 0.1) is 11.7 Å². The molecule has 4 heterocycles.